The maximum atomic E-state index is 5.54. The van der Waals surface area contributed by atoms with Crippen LogP contribution >= 0.6 is 11.8 Å². The summed E-state index contributed by atoms with van der Waals surface area (Å²) < 4.78 is 11.0. The number of methoxy groups -OCH3 is 2. The summed E-state index contributed by atoms with van der Waals surface area (Å²) in [5, 5.41) is 3.52. The highest BCUT2D eigenvalue weighted by molar-refractivity contribution is 7.99. The van der Waals surface area contributed by atoms with Crippen LogP contribution in [0.4, 0.5) is 5.69 Å². The summed E-state index contributed by atoms with van der Waals surface area (Å²) in [6.45, 7) is 1.04. The molecule has 104 valence electrons. The minimum absolute atomic E-state index is 0.327. The number of anilines is 1. The van der Waals surface area contributed by atoms with E-state index in [-0.39, 0.29) is 0 Å². The Morgan fingerprint density at radius 2 is 1.89 bits per heavy atom. The van der Waals surface area contributed by atoms with Crippen LogP contribution < -0.4 is 14.8 Å². The molecule has 1 spiro atoms. The molecule has 3 rings (SSSR count). The summed E-state index contributed by atoms with van der Waals surface area (Å²) in [6.07, 6.45) is 3.75. The normalized spacial score (nSPS) is 20.5. The fourth-order valence-electron chi connectivity index (χ4n) is 3.31. The van der Waals surface area contributed by atoms with E-state index in [0.717, 1.165) is 18.0 Å². The van der Waals surface area contributed by atoms with Gasteiger partial charge in [0.05, 0.1) is 19.9 Å². The highest BCUT2D eigenvalue weighted by Crippen LogP contribution is 2.50. The zero-order valence-electron chi connectivity index (χ0n) is 11.6. The van der Waals surface area contributed by atoms with Crippen molar-refractivity contribution in [2.75, 3.05) is 37.6 Å². The van der Waals surface area contributed by atoms with Gasteiger partial charge in [0.1, 0.15) is 11.5 Å². The van der Waals surface area contributed by atoms with E-state index in [9.17, 15) is 0 Å². The quantitative estimate of drug-likeness (QED) is 0.900. The third-order valence-corrected chi connectivity index (χ3v) is 5.44. The third kappa shape index (κ3) is 2.16. The lowest BCUT2D eigenvalue weighted by Crippen LogP contribution is -2.37. The Bertz CT molecular complexity index is 469. The monoisotopic (exact) mass is 279 g/mol. The molecule has 0 bridgehead atoms. The molecular weight excluding hydrogens is 258 g/mol. The maximum Gasteiger partial charge on any atom is 0.145 e. The van der Waals surface area contributed by atoms with Gasteiger partial charge in [0.2, 0.25) is 0 Å². The van der Waals surface area contributed by atoms with Gasteiger partial charge in [-0.15, -0.1) is 0 Å². The summed E-state index contributed by atoms with van der Waals surface area (Å²) >= 11 is 2.07. The molecule has 1 N–H and O–H groups in total. The number of hydrogen-bond donors (Lipinski definition) is 1. The van der Waals surface area contributed by atoms with E-state index in [1.165, 1.54) is 42.0 Å². The van der Waals surface area contributed by atoms with Gasteiger partial charge in [-0.2, -0.15) is 11.8 Å². The number of rotatable bonds is 2. The van der Waals surface area contributed by atoms with Gasteiger partial charge in [-0.05, 0) is 42.4 Å². The fourth-order valence-corrected chi connectivity index (χ4v) is 4.59. The molecule has 1 fully saturated rings. The van der Waals surface area contributed by atoms with Crippen LogP contribution in [-0.4, -0.2) is 32.3 Å². The van der Waals surface area contributed by atoms with Crippen molar-refractivity contribution in [2.45, 2.75) is 24.7 Å². The molecule has 0 aromatic heterocycles. The van der Waals surface area contributed by atoms with Crippen LogP contribution in [0.3, 0.4) is 0 Å². The zero-order valence-corrected chi connectivity index (χ0v) is 12.4. The molecule has 3 nitrogen and oxygen atoms in total. The number of hydrogen-bond acceptors (Lipinski definition) is 4. The van der Waals surface area contributed by atoms with Crippen LogP contribution in [0.25, 0.3) is 0 Å². The van der Waals surface area contributed by atoms with E-state index >= 15 is 0 Å². The molecule has 0 radical (unpaired) electrons. The number of thioether (sulfide) groups is 1. The van der Waals surface area contributed by atoms with E-state index in [2.05, 4.69) is 23.1 Å². The molecular formula is C15H21NO2S. The first-order valence-corrected chi connectivity index (χ1v) is 8.03. The molecule has 4 heteroatoms. The van der Waals surface area contributed by atoms with Crippen LogP contribution in [0.1, 0.15) is 24.8 Å². The molecule has 2 aliphatic heterocycles. The summed E-state index contributed by atoms with van der Waals surface area (Å²) in [6, 6.07) is 4.18. The number of ether oxygens (including phenoxy) is 2. The SMILES string of the molecule is COc1cc(OC)c2c(c1)C1(CCN2)CCSCC1. The lowest BCUT2D eigenvalue weighted by Gasteiger charge is -2.42. The number of nitrogens with one attached hydrogen (secondary N) is 1. The van der Waals surface area contributed by atoms with Crippen LogP contribution in [0.5, 0.6) is 11.5 Å². The summed E-state index contributed by atoms with van der Waals surface area (Å²) in [4.78, 5) is 0. The molecule has 1 aromatic rings. The molecule has 1 saturated heterocycles. The van der Waals surface area contributed by atoms with E-state index in [1.54, 1.807) is 14.2 Å². The first-order chi connectivity index (χ1) is 9.29. The molecule has 0 amide bonds. The Hall–Kier alpha value is -1.03. The van der Waals surface area contributed by atoms with Gasteiger partial charge in [0.15, 0.2) is 0 Å². The maximum absolute atomic E-state index is 5.54. The minimum atomic E-state index is 0.327. The van der Waals surface area contributed by atoms with Crippen LogP contribution in [0.2, 0.25) is 0 Å². The molecule has 1 aromatic carbocycles. The van der Waals surface area contributed by atoms with Crippen molar-refractivity contribution >= 4 is 17.4 Å². The highest BCUT2D eigenvalue weighted by atomic mass is 32.2. The van der Waals surface area contributed by atoms with Crippen LogP contribution in [0.15, 0.2) is 12.1 Å². The van der Waals surface area contributed by atoms with Gasteiger partial charge in [-0.3, -0.25) is 0 Å². The largest absolute Gasteiger partial charge is 0.497 e. The standard InChI is InChI=1S/C15H21NO2S/c1-17-11-9-12-14(13(10-11)18-2)16-6-3-15(12)4-7-19-8-5-15/h9-10,16H,3-8H2,1-2H3. The van der Waals surface area contributed by atoms with Crippen molar-refractivity contribution in [3.05, 3.63) is 17.7 Å². The Balaban J connectivity index is 2.11. The van der Waals surface area contributed by atoms with Gasteiger partial charge < -0.3 is 14.8 Å². The van der Waals surface area contributed by atoms with E-state index in [1.807, 2.05) is 6.07 Å². The van der Waals surface area contributed by atoms with Gasteiger partial charge >= 0.3 is 0 Å². The topological polar surface area (TPSA) is 30.5 Å². The molecule has 2 heterocycles. The van der Waals surface area contributed by atoms with Crippen molar-refractivity contribution in [1.29, 1.82) is 0 Å². The van der Waals surface area contributed by atoms with E-state index < -0.39 is 0 Å². The summed E-state index contributed by atoms with van der Waals surface area (Å²) in [7, 11) is 3.45. The predicted molar refractivity (Wildman–Crippen MR) is 80.9 cm³/mol. The van der Waals surface area contributed by atoms with Crippen LogP contribution in [0, 0.1) is 0 Å². The first-order valence-electron chi connectivity index (χ1n) is 6.87. The first kappa shape index (κ1) is 13.0. The average molecular weight is 279 g/mol. The molecule has 0 atom stereocenters. The Kier molecular flexibility index (Phi) is 3.52. The summed E-state index contributed by atoms with van der Waals surface area (Å²) in [5.74, 6) is 4.33. The van der Waals surface area contributed by atoms with Crippen molar-refractivity contribution in [1.82, 2.24) is 0 Å². The van der Waals surface area contributed by atoms with Crippen molar-refractivity contribution in [2.24, 2.45) is 0 Å². The van der Waals surface area contributed by atoms with Crippen molar-refractivity contribution < 1.29 is 9.47 Å². The second-order valence-corrected chi connectivity index (χ2v) is 6.55. The zero-order chi connectivity index (χ0) is 13.3. The lowest BCUT2D eigenvalue weighted by atomic mass is 9.70. The number of fused-ring (bicyclic) bond motifs is 2. The fraction of sp³-hybridized carbons (Fsp3) is 0.600. The average Bonchev–Trinajstić information content (AvgIpc) is 2.48. The minimum Gasteiger partial charge on any atom is -0.497 e. The van der Waals surface area contributed by atoms with Gasteiger partial charge in [0.25, 0.3) is 0 Å². The molecule has 0 saturated carbocycles. The Morgan fingerprint density at radius 3 is 2.58 bits per heavy atom. The van der Waals surface area contributed by atoms with Gasteiger partial charge in [-0.1, -0.05) is 0 Å². The lowest BCUT2D eigenvalue weighted by molar-refractivity contribution is 0.351. The van der Waals surface area contributed by atoms with Crippen LogP contribution in [-0.2, 0) is 5.41 Å². The third-order valence-electron chi connectivity index (χ3n) is 4.46. The van der Waals surface area contributed by atoms with Gasteiger partial charge in [0, 0.05) is 18.0 Å². The Morgan fingerprint density at radius 1 is 1.11 bits per heavy atom. The van der Waals surface area contributed by atoms with Gasteiger partial charge in [-0.25, -0.2) is 0 Å². The second kappa shape index (κ2) is 5.16. The highest BCUT2D eigenvalue weighted by Gasteiger charge is 2.39. The second-order valence-electron chi connectivity index (χ2n) is 5.32. The molecule has 2 aliphatic rings. The Labute approximate surface area is 119 Å². The van der Waals surface area contributed by atoms with Crippen molar-refractivity contribution in [3.63, 3.8) is 0 Å². The smallest absolute Gasteiger partial charge is 0.145 e. The summed E-state index contributed by atoms with van der Waals surface area (Å²) in [5.41, 5.74) is 2.91. The molecule has 0 aliphatic carbocycles. The number of benzene rings is 1. The molecule has 19 heavy (non-hydrogen) atoms. The molecule has 0 unspecified atom stereocenters. The predicted octanol–water partition coefficient (Wildman–Crippen LogP) is 3.28. The van der Waals surface area contributed by atoms with Crippen molar-refractivity contribution in [3.8, 4) is 11.5 Å². The van der Waals surface area contributed by atoms with E-state index in [4.69, 9.17) is 9.47 Å². The van der Waals surface area contributed by atoms with E-state index in [0.29, 0.717) is 5.41 Å².